The fourth-order valence-electron chi connectivity index (χ4n) is 3.36. The summed E-state index contributed by atoms with van der Waals surface area (Å²) in [6.07, 6.45) is 1.80. The van der Waals surface area contributed by atoms with Gasteiger partial charge in [-0.3, -0.25) is 9.78 Å². The molecular formula is C24H23N3O. The maximum Gasteiger partial charge on any atom is 0.229 e. The number of hydrogen-bond donors (Lipinski definition) is 1. The van der Waals surface area contributed by atoms with Gasteiger partial charge in [-0.15, -0.1) is 0 Å². The van der Waals surface area contributed by atoms with Gasteiger partial charge in [0.1, 0.15) is 0 Å². The summed E-state index contributed by atoms with van der Waals surface area (Å²) in [5, 5.41) is 11.8. The van der Waals surface area contributed by atoms with E-state index in [1.54, 1.807) is 25.4 Å². The van der Waals surface area contributed by atoms with E-state index in [2.05, 4.69) is 35.4 Å². The van der Waals surface area contributed by atoms with Crippen molar-refractivity contribution in [1.82, 2.24) is 10.3 Å². The Balaban J connectivity index is 2.23. The Morgan fingerprint density at radius 1 is 1.07 bits per heavy atom. The fourth-order valence-corrected chi connectivity index (χ4v) is 3.36. The first-order valence-corrected chi connectivity index (χ1v) is 9.17. The van der Waals surface area contributed by atoms with Crippen molar-refractivity contribution in [3.8, 4) is 28.5 Å². The van der Waals surface area contributed by atoms with Crippen LogP contribution in [0.4, 0.5) is 0 Å². The number of likely N-dealkylation sites (N-methyl/N-ethyl adjacent to an activating group) is 1. The lowest BCUT2D eigenvalue weighted by molar-refractivity contribution is -0.125. The second-order valence-corrected chi connectivity index (χ2v) is 7.32. The number of nitriles is 1. The highest BCUT2D eigenvalue weighted by Gasteiger charge is 2.32. The van der Waals surface area contributed by atoms with Crippen molar-refractivity contribution in [1.29, 1.82) is 5.26 Å². The number of benzene rings is 2. The first-order chi connectivity index (χ1) is 13.4. The van der Waals surface area contributed by atoms with E-state index in [4.69, 9.17) is 5.26 Å². The van der Waals surface area contributed by atoms with Gasteiger partial charge in [0, 0.05) is 18.8 Å². The average molecular weight is 369 g/mol. The Bertz CT molecular complexity index is 1060. The molecule has 1 N–H and O–H groups in total. The molecule has 1 amide bonds. The lowest BCUT2D eigenvalue weighted by Gasteiger charge is -2.26. The molecule has 3 rings (SSSR count). The summed E-state index contributed by atoms with van der Waals surface area (Å²) >= 11 is 0. The van der Waals surface area contributed by atoms with Gasteiger partial charge in [0.2, 0.25) is 5.91 Å². The summed E-state index contributed by atoms with van der Waals surface area (Å²) in [6.45, 7) is 5.88. The Hall–Kier alpha value is -3.45. The van der Waals surface area contributed by atoms with E-state index in [1.165, 1.54) is 0 Å². The third-order valence-electron chi connectivity index (χ3n) is 5.12. The molecule has 2 aromatic carbocycles. The predicted molar refractivity (Wildman–Crippen MR) is 112 cm³/mol. The van der Waals surface area contributed by atoms with Gasteiger partial charge in [0.25, 0.3) is 0 Å². The van der Waals surface area contributed by atoms with E-state index in [9.17, 15) is 4.79 Å². The van der Waals surface area contributed by atoms with Gasteiger partial charge in [-0.2, -0.15) is 5.26 Å². The maximum absolute atomic E-state index is 12.6. The summed E-state index contributed by atoms with van der Waals surface area (Å²) in [7, 11) is 1.65. The normalized spacial score (nSPS) is 11.0. The summed E-state index contributed by atoms with van der Waals surface area (Å²) < 4.78 is 0. The average Bonchev–Trinajstić information content (AvgIpc) is 2.73. The van der Waals surface area contributed by atoms with E-state index in [1.807, 2.05) is 44.2 Å². The van der Waals surface area contributed by atoms with E-state index in [0.717, 1.165) is 33.5 Å². The predicted octanol–water partition coefficient (Wildman–Crippen LogP) is 4.62. The lowest BCUT2D eigenvalue weighted by Crippen LogP contribution is -2.38. The summed E-state index contributed by atoms with van der Waals surface area (Å²) in [5.74, 6) is -0.0599. The van der Waals surface area contributed by atoms with Crippen LogP contribution in [0, 0.1) is 18.3 Å². The van der Waals surface area contributed by atoms with Crippen LogP contribution in [0.5, 0.6) is 0 Å². The first-order valence-electron chi connectivity index (χ1n) is 9.17. The molecule has 1 aromatic heterocycles. The smallest absolute Gasteiger partial charge is 0.229 e. The minimum Gasteiger partial charge on any atom is -0.358 e. The van der Waals surface area contributed by atoms with Crippen LogP contribution < -0.4 is 5.32 Å². The summed E-state index contributed by atoms with van der Waals surface area (Å²) in [6, 6.07) is 19.7. The highest BCUT2D eigenvalue weighted by molar-refractivity contribution is 5.90. The topological polar surface area (TPSA) is 65.8 Å². The van der Waals surface area contributed by atoms with Crippen LogP contribution in [0.15, 0.2) is 60.8 Å². The number of aryl methyl sites for hydroxylation is 1. The Labute approximate surface area is 165 Å². The molecule has 0 aliphatic heterocycles. The van der Waals surface area contributed by atoms with Crippen LogP contribution >= 0.6 is 0 Å². The van der Waals surface area contributed by atoms with Gasteiger partial charge in [0.15, 0.2) is 0 Å². The van der Waals surface area contributed by atoms with Gasteiger partial charge in [-0.25, -0.2) is 0 Å². The number of amides is 1. The number of hydrogen-bond acceptors (Lipinski definition) is 3. The van der Waals surface area contributed by atoms with Gasteiger partial charge in [-0.1, -0.05) is 36.4 Å². The molecule has 0 fully saturated rings. The molecule has 0 bridgehead atoms. The molecule has 0 unspecified atom stereocenters. The molecule has 4 nitrogen and oxygen atoms in total. The number of nitrogens with zero attached hydrogens (tertiary/aromatic N) is 2. The van der Waals surface area contributed by atoms with Crippen molar-refractivity contribution in [3.63, 3.8) is 0 Å². The Kier molecular flexibility index (Phi) is 5.28. The van der Waals surface area contributed by atoms with Crippen molar-refractivity contribution in [2.24, 2.45) is 0 Å². The van der Waals surface area contributed by atoms with Gasteiger partial charge in [-0.05, 0) is 61.2 Å². The van der Waals surface area contributed by atoms with Crippen molar-refractivity contribution in [3.05, 3.63) is 77.5 Å². The molecule has 28 heavy (non-hydrogen) atoms. The van der Waals surface area contributed by atoms with E-state index in [0.29, 0.717) is 5.56 Å². The van der Waals surface area contributed by atoms with Crippen LogP contribution in [-0.2, 0) is 10.2 Å². The van der Waals surface area contributed by atoms with Gasteiger partial charge >= 0.3 is 0 Å². The van der Waals surface area contributed by atoms with E-state index < -0.39 is 5.41 Å². The summed E-state index contributed by atoms with van der Waals surface area (Å²) in [4.78, 5) is 17.2. The van der Waals surface area contributed by atoms with Crippen LogP contribution in [0.25, 0.3) is 22.4 Å². The molecule has 0 spiro atoms. The van der Waals surface area contributed by atoms with Crippen LogP contribution in [0.3, 0.4) is 0 Å². The van der Waals surface area contributed by atoms with Gasteiger partial charge < -0.3 is 5.32 Å². The van der Waals surface area contributed by atoms with Crippen LogP contribution in [0.1, 0.15) is 30.5 Å². The minimum atomic E-state index is -0.734. The molecule has 0 radical (unpaired) electrons. The standard InChI is InChI=1S/C24H23N3O/c1-16-7-5-6-8-19(16)20-13-22(18-11-9-17(14-25)10-12-18)27-15-21(20)24(2,3)23(28)26-4/h5-13,15H,1-4H3,(H,26,28). The molecule has 0 aliphatic rings. The highest BCUT2D eigenvalue weighted by Crippen LogP contribution is 2.36. The molecule has 4 heteroatoms. The molecule has 0 saturated carbocycles. The number of carbonyl (C=O) groups excluding carboxylic acids is 1. The second kappa shape index (κ2) is 7.66. The third-order valence-corrected chi connectivity index (χ3v) is 5.12. The molecule has 0 saturated heterocycles. The highest BCUT2D eigenvalue weighted by atomic mass is 16.2. The van der Waals surface area contributed by atoms with Crippen molar-refractivity contribution in [2.45, 2.75) is 26.2 Å². The molecule has 1 heterocycles. The van der Waals surface area contributed by atoms with Crippen LogP contribution in [0.2, 0.25) is 0 Å². The minimum absolute atomic E-state index is 0.0599. The molecule has 3 aromatic rings. The number of aromatic nitrogens is 1. The van der Waals surface area contributed by atoms with E-state index in [-0.39, 0.29) is 5.91 Å². The largest absolute Gasteiger partial charge is 0.358 e. The maximum atomic E-state index is 12.6. The van der Waals surface area contributed by atoms with E-state index >= 15 is 0 Å². The number of rotatable bonds is 4. The first kappa shape index (κ1) is 19.3. The monoisotopic (exact) mass is 369 g/mol. The molecular weight excluding hydrogens is 346 g/mol. The third kappa shape index (κ3) is 3.52. The molecule has 0 aliphatic carbocycles. The second-order valence-electron chi connectivity index (χ2n) is 7.32. The van der Waals surface area contributed by atoms with Crippen molar-refractivity contribution < 1.29 is 4.79 Å². The summed E-state index contributed by atoms with van der Waals surface area (Å²) in [5.41, 5.74) is 5.68. The lowest BCUT2D eigenvalue weighted by atomic mass is 9.79. The number of nitrogens with one attached hydrogen (secondary N) is 1. The van der Waals surface area contributed by atoms with Crippen LogP contribution in [-0.4, -0.2) is 17.9 Å². The quantitative estimate of drug-likeness (QED) is 0.730. The fraction of sp³-hybridized carbons (Fsp3) is 0.208. The zero-order valence-corrected chi connectivity index (χ0v) is 16.6. The Morgan fingerprint density at radius 3 is 2.36 bits per heavy atom. The van der Waals surface area contributed by atoms with Crippen molar-refractivity contribution in [2.75, 3.05) is 7.05 Å². The zero-order valence-electron chi connectivity index (χ0n) is 16.6. The van der Waals surface area contributed by atoms with Crippen molar-refractivity contribution >= 4 is 5.91 Å². The molecule has 140 valence electrons. The zero-order chi connectivity index (χ0) is 20.3. The number of carbonyl (C=O) groups is 1. The number of pyridine rings is 1. The molecule has 0 atom stereocenters. The SMILES string of the molecule is CNC(=O)C(C)(C)c1cnc(-c2ccc(C#N)cc2)cc1-c1ccccc1C. The van der Waals surface area contributed by atoms with Gasteiger partial charge in [0.05, 0.1) is 22.7 Å². The Morgan fingerprint density at radius 2 is 1.75 bits per heavy atom.